The maximum Gasteiger partial charge on any atom is 0.356 e. The van der Waals surface area contributed by atoms with Gasteiger partial charge in [-0.15, -0.1) is 0 Å². The van der Waals surface area contributed by atoms with Crippen molar-refractivity contribution in [1.82, 2.24) is 9.21 Å². The van der Waals surface area contributed by atoms with Crippen molar-refractivity contribution >= 4 is 21.0 Å². The maximum atomic E-state index is 12.7. The van der Waals surface area contributed by atoms with E-state index in [1.165, 1.54) is 17.5 Å². The van der Waals surface area contributed by atoms with Gasteiger partial charge in [-0.3, -0.25) is 0 Å². The van der Waals surface area contributed by atoms with E-state index >= 15 is 0 Å². The van der Waals surface area contributed by atoms with Crippen molar-refractivity contribution in [3.63, 3.8) is 0 Å². The van der Waals surface area contributed by atoms with Crippen LogP contribution in [-0.2, 0) is 10.0 Å². The topological polar surface area (TPSA) is 80.1 Å². The minimum atomic E-state index is -3.85. The average Bonchev–Trinajstić information content (AvgIpc) is 2.53. The van der Waals surface area contributed by atoms with Gasteiger partial charge in [0.2, 0.25) is 10.0 Å². The third-order valence-corrected chi connectivity index (χ3v) is 5.88. The molecular formula is C15H18N2O5S. The fourth-order valence-corrected chi connectivity index (χ4v) is 4.00. The molecule has 1 aliphatic heterocycles. The van der Waals surface area contributed by atoms with E-state index < -0.39 is 15.6 Å². The number of benzene rings is 1. The molecule has 1 aromatic carbocycles. The summed E-state index contributed by atoms with van der Waals surface area (Å²) in [7, 11) is -0.416. The third-order valence-electron chi connectivity index (χ3n) is 3.99. The molecule has 0 spiro atoms. The zero-order chi connectivity index (χ0) is 16.6. The predicted octanol–water partition coefficient (Wildman–Crippen LogP) is 0.738. The highest BCUT2D eigenvalue weighted by Crippen LogP contribution is 2.23. The first-order valence-corrected chi connectivity index (χ1v) is 8.66. The highest BCUT2D eigenvalue weighted by molar-refractivity contribution is 7.89. The first kappa shape index (κ1) is 16.0. The molecule has 2 heterocycles. The van der Waals surface area contributed by atoms with Crippen LogP contribution in [-0.4, -0.2) is 58.0 Å². The maximum absolute atomic E-state index is 12.7. The number of hydrogen-bond donors (Lipinski definition) is 0. The number of piperazine rings is 1. The molecule has 0 bridgehead atoms. The van der Waals surface area contributed by atoms with Crippen molar-refractivity contribution in [2.24, 2.45) is 0 Å². The Morgan fingerprint density at radius 3 is 2.48 bits per heavy atom. The second kappa shape index (κ2) is 5.95. The lowest BCUT2D eigenvalue weighted by molar-refractivity contribution is 0.222. The van der Waals surface area contributed by atoms with Crippen LogP contribution in [0, 0.1) is 0 Å². The van der Waals surface area contributed by atoms with Crippen LogP contribution < -0.4 is 10.4 Å². The number of ether oxygens (including phenoxy) is 1. The van der Waals surface area contributed by atoms with Gasteiger partial charge in [-0.05, 0) is 25.2 Å². The largest absolute Gasteiger partial charge is 0.497 e. The molecule has 0 atom stereocenters. The molecular weight excluding hydrogens is 320 g/mol. The van der Waals surface area contributed by atoms with Crippen molar-refractivity contribution in [3.8, 4) is 5.75 Å². The normalized spacial score (nSPS) is 17.5. The molecule has 1 saturated heterocycles. The lowest BCUT2D eigenvalue weighted by Crippen LogP contribution is -2.47. The van der Waals surface area contributed by atoms with E-state index in [0.717, 1.165) is 0 Å². The number of nitrogens with zero attached hydrogens (tertiary/aromatic N) is 2. The van der Waals surface area contributed by atoms with Crippen LogP contribution in [0.5, 0.6) is 5.75 Å². The Balaban J connectivity index is 2.05. The molecule has 7 nitrogen and oxygen atoms in total. The van der Waals surface area contributed by atoms with Gasteiger partial charge < -0.3 is 14.1 Å². The van der Waals surface area contributed by atoms with Gasteiger partial charge in [0.15, 0.2) is 4.90 Å². The Bertz CT molecular complexity index is 882. The van der Waals surface area contributed by atoms with Crippen molar-refractivity contribution in [2.75, 3.05) is 40.3 Å². The molecule has 0 aliphatic carbocycles. The summed E-state index contributed by atoms with van der Waals surface area (Å²) in [6.45, 7) is 1.99. The lowest BCUT2D eigenvalue weighted by Gasteiger charge is -2.31. The van der Waals surface area contributed by atoms with Gasteiger partial charge >= 0.3 is 5.63 Å². The standard InChI is InChI=1S/C15H18N2O5S/c1-16-5-7-17(8-6-16)23(19,20)14-9-11-3-4-12(21-2)10-13(11)22-15(14)18/h3-4,9-10H,5-8H2,1-2H3. The van der Waals surface area contributed by atoms with E-state index in [1.54, 1.807) is 18.2 Å². The van der Waals surface area contributed by atoms with Crippen LogP contribution in [0.15, 0.2) is 38.4 Å². The molecule has 124 valence electrons. The van der Waals surface area contributed by atoms with Gasteiger partial charge in [0.1, 0.15) is 11.3 Å². The highest BCUT2D eigenvalue weighted by Gasteiger charge is 2.30. The first-order chi connectivity index (χ1) is 10.9. The summed E-state index contributed by atoms with van der Waals surface area (Å²) in [6.07, 6.45) is 0. The third kappa shape index (κ3) is 2.97. The number of sulfonamides is 1. The van der Waals surface area contributed by atoms with E-state index in [4.69, 9.17) is 9.15 Å². The zero-order valence-electron chi connectivity index (χ0n) is 13.0. The SMILES string of the molecule is COc1ccc2cc(S(=O)(=O)N3CCN(C)CC3)c(=O)oc2c1. The van der Waals surface area contributed by atoms with Gasteiger partial charge in [-0.2, -0.15) is 4.31 Å². The number of rotatable bonds is 3. The molecule has 1 aliphatic rings. The number of methoxy groups -OCH3 is 1. The van der Waals surface area contributed by atoms with E-state index in [2.05, 4.69) is 0 Å². The first-order valence-electron chi connectivity index (χ1n) is 7.22. The second-order valence-electron chi connectivity index (χ2n) is 5.51. The Hall–Kier alpha value is -1.90. The summed E-state index contributed by atoms with van der Waals surface area (Å²) in [5.41, 5.74) is -0.559. The second-order valence-corrected chi connectivity index (χ2v) is 7.42. The Morgan fingerprint density at radius 2 is 1.83 bits per heavy atom. The molecule has 1 aromatic heterocycles. The van der Waals surface area contributed by atoms with Crippen LogP contribution >= 0.6 is 0 Å². The predicted molar refractivity (Wildman–Crippen MR) is 85.3 cm³/mol. The van der Waals surface area contributed by atoms with Crippen LogP contribution in [0.1, 0.15) is 0 Å². The summed E-state index contributed by atoms with van der Waals surface area (Å²) < 4.78 is 37.0. The minimum absolute atomic E-state index is 0.298. The zero-order valence-corrected chi connectivity index (χ0v) is 13.8. The van der Waals surface area contributed by atoms with E-state index in [9.17, 15) is 13.2 Å². The number of likely N-dealkylation sites (N-methyl/N-ethyl adjacent to an activating group) is 1. The molecule has 2 aromatic rings. The molecule has 23 heavy (non-hydrogen) atoms. The van der Waals surface area contributed by atoms with Gasteiger partial charge in [0.05, 0.1) is 7.11 Å². The van der Waals surface area contributed by atoms with Crippen molar-refractivity contribution in [2.45, 2.75) is 4.90 Å². The summed E-state index contributed by atoms with van der Waals surface area (Å²) in [6, 6.07) is 6.28. The van der Waals surface area contributed by atoms with Crippen LogP contribution in [0.4, 0.5) is 0 Å². The Kier molecular flexibility index (Phi) is 4.13. The van der Waals surface area contributed by atoms with Gasteiger partial charge in [-0.25, -0.2) is 13.2 Å². The molecule has 0 radical (unpaired) electrons. The summed E-state index contributed by atoms with van der Waals surface area (Å²) in [5, 5.41) is 0.540. The quantitative estimate of drug-likeness (QED) is 0.768. The smallest absolute Gasteiger partial charge is 0.356 e. The van der Waals surface area contributed by atoms with Gasteiger partial charge in [-0.1, -0.05) is 0 Å². The molecule has 3 rings (SSSR count). The molecule has 0 saturated carbocycles. The Morgan fingerprint density at radius 1 is 1.13 bits per heavy atom. The molecule has 0 unspecified atom stereocenters. The van der Waals surface area contributed by atoms with Gasteiger partial charge in [0, 0.05) is 37.6 Å². The van der Waals surface area contributed by atoms with Crippen molar-refractivity contribution < 1.29 is 17.6 Å². The number of fused-ring (bicyclic) bond motifs is 1. The minimum Gasteiger partial charge on any atom is -0.497 e. The van der Waals surface area contributed by atoms with Crippen molar-refractivity contribution in [1.29, 1.82) is 0 Å². The van der Waals surface area contributed by atoms with E-state index in [1.807, 2.05) is 11.9 Å². The fourth-order valence-electron chi connectivity index (χ4n) is 2.55. The molecule has 0 N–H and O–H groups in total. The summed E-state index contributed by atoms with van der Waals surface area (Å²) >= 11 is 0. The molecule has 1 fully saturated rings. The monoisotopic (exact) mass is 338 g/mol. The molecule has 0 amide bonds. The van der Waals surface area contributed by atoms with E-state index in [0.29, 0.717) is 42.9 Å². The average molecular weight is 338 g/mol. The van der Waals surface area contributed by atoms with Crippen LogP contribution in [0.3, 0.4) is 0 Å². The molecule has 8 heteroatoms. The van der Waals surface area contributed by atoms with Crippen LogP contribution in [0.2, 0.25) is 0 Å². The van der Waals surface area contributed by atoms with E-state index in [-0.39, 0.29) is 4.90 Å². The highest BCUT2D eigenvalue weighted by atomic mass is 32.2. The summed E-state index contributed by atoms with van der Waals surface area (Å²) in [5.74, 6) is 0.537. The van der Waals surface area contributed by atoms with Gasteiger partial charge in [0.25, 0.3) is 0 Å². The van der Waals surface area contributed by atoms with Crippen LogP contribution in [0.25, 0.3) is 11.0 Å². The summed E-state index contributed by atoms with van der Waals surface area (Å²) in [4.78, 5) is 13.9. The fraction of sp³-hybridized carbons (Fsp3) is 0.400. The number of hydrogen-bond acceptors (Lipinski definition) is 6. The lowest BCUT2D eigenvalue weighted by atomic mass is 10.2. The Labute approximate surface area is 134 Å². The van der Waals surface area contributed by atoms with Crippen molar-refractivity contribution in [3.05, 3.63) is 34.7 Å².